The van der Waals surface area contributed by atoms with Gasteiger partial charge in [0.05, 0.1) is 31.9 Å². The number of anilines is 1. The maximum Gasteiger partial charge on any atom is 0.330 e. The Morgan fingerprint density at radius 1 is 0.943 bits per heavy atom. The Morgan fingerprint density at radius 3 is 2.23 bits per heavy atom. The summed E-state index contributed by atoms with van der Waals surface area (Å²) in [5.74, 6) is 0.820. The first-order valence-electron chi connectivity index (χ1n) is 11.7. The Balaban J connectivity index is 0.00000432. The second-order valence-electron chi connectivity index (χ2n) is 8.18. The normalized spacial score (nSPS) is 11.6. The third kappa shape index (κ3) is 7.66. The van der Waals surface area contributed by atoms with Crippen LogP contribution in [-0.2, 0) is 20.2 Å². The van der Waals surface area contributed by atoms with Crippen molar-refractivity contribution in [2.75, 3.05) is 45.5 Å². The third-order valence-corrected chi connectivity index (χ3v) is 7.76. The molecule has 0 spiro atoms. The molecular weight excluding hydrogens is 459 g/mol. The molecule has 190 valence electrons. The van der Waals surface area contributed by atoms with Crippen molar-refractivity contribution in [1.82, 2.24) is 0 Å². The quantitative estimate of drug-likeness (QED) is 0.163. The molecule has 0 aliphatic carbocycles. The van der Waals surface area contributed by atoms with Gasteiger partial charge in [0.2, 0.25) is 11.2 Å². The Morgan fingerprint density at radius 2 is 1.63 bits per heavy atom. The zero-order valence-electron chi connectivity index (χ0n) is 21.9. The standard InChI is InChI=1S/C27H36N2O4P.CH3/c1-6-32-34(30,33-7-2)20-8-19-29-25(15-11-22-9-13-24(14-10-22)28(3)4)16-12-23-21-26(31-5)17-18-27(23)29;/h9-18,21H,6-8,19-20H2,1-5H3;1H3/q+1;-1. The van der Waals surface area contributed by atoms with Gasteiger partial charge in [0.1, 0.15) is 12.3 Å². The van der Waals surface area contributed by atoms with Crippen molar-refractivity contribution in [2.45, 2.75) is 26.8 Å². The number of methoxy groups -OCH3 is 1. The van der Waals surface area contributed by atoms with Crippen LogP contribution in [-0.4, -0.2) is 40.6 Å². The maximum absolute atomic E-state index is 12.9. The fourth-order valence-corrected chi connectivity index (χ4v) is 5.53. The van der Waals surface area contributed by atoms with E-state index >= 15 is 0 Å². The molecule has 0 unspecified atom stereocenters. The van der Waals surface area contributed by atoms with E-state index < -0.39 is 7.60 Å². The Kier molecular flexibility index (Phi) is 11.0. The lowest BCUT2D eigenvalue weighted by Crippen LogP contribution is -2.38. The highest BCUT2D eigenvalue weighted by atomic mass is 31.2. The monoisotopic (exact) mass is 498 g/mol. The predicted octanol–water partition coefficient (Wildman–Crippen LogP) is 6.48. The van der Waals surface area contributed by atoms with E-state index in [9.17, 15) is 4.57 Å². The highest BCUT2D eigenvalue weighted by Gasteiger charge is 2.24. The van der Waals surface area contributed by atoms with Crippen LogP contribution in [0.2, 0.25) is 0 Å². The topological polar surface area (TPSA) is 51.9 Å². The summed E-state index contributed by atoms with van der Waals surface area (Å²) in [5.41, 5.74) is 4.45. The largest absolute Gasteiger partial charge is 0.497 e. The van der Waals surface area contributed by atoms with Gasteiger partial charge in [0.25, 0.3) is 0 Å². The average molecular weight is 499 g/mol. The van der Waals surface area contributed by atoms with Gasteiger partial charge in [-0.1, -0.05) is 12.1 Å². The lowest BCUT2D eigenvalue weighted by atomic mass is 10.1. The summed E-state index contributed by atoms with van der Waals surface area (Å²) in [4.78, 5) is 2.09. The van der Waals surface area contributed by atoms with Gasteiger partial charge >= 0.3 is 7.60 Å². The maximum atomic E-state index is 12.9. The van der Waals surface area contributed by atoms with Crippen molar-refractivity contribution >= 4 is 36.3 Å². The molecule has 0 bridgehead atoms. The fraction of sp³-hybridized carbons (Fsp3) is 0.357. The van der Waals surface area contributed by atoms with Crippen molar-refractivity contribution in [2.24, 2.45) is 0 Å². The lowest BCUT2D eigenvalue weighted by molar-refractivity contribution is -0.673. The van der Waals surface area contributed by atoms with Crippen molar-refractivity contribution in [3.05, 3.63) is 73.3 Å². The van der Waals surface area contributed by atoms with Crippen molar-refractivity contribution in [3.63, 3.8) is 0 Å². The van der Waals surface area contributed by atoms with E-state index in [1.165, 1.54) is 5.69 Å². The molecule has 0 radical (unpaired) electrons. The van der Waals surface area contributed by atoms with Crippen LogP contribution in [0.1, 0.15) is 31.5 Å². The summed E-state index contributed by atoms with van der Waals surface area (Å²) < 4.78 is 31.5. The molecule has 3 aromatic rings. The molecule has 6 nitrogen and oxygen atoms in total. The van der Waals surface area contributed by atoms with Crippen LogP contribution in [0.5, 0.6) is 5.75 Å². The molecule has 1 heterocycles. The Labute approximate surface area is 210 Å². The molecule has 0 aliphatic heterocycles. The molecule has 0 amide bonds. The summed E-state index contributed by atoms with van der Waals surface area (Å²) in [5, 5.41) is 1.09. The minimum atomic E-state index is -3.08. The number of aromatic nitrogens is 1. The minimum Gasteiger partial charge on any atom is -0.497 e. The second-order valence-corrected chi connectivity index (χ2v) is 10.4. The van der Waals surface area contributed by atoms with Crippen molar-refractivity contribution in [3.8, 4) is 5.75 Å². The van der Waals surface area contributed by atoms with Crippen molar-refractivity contribution < 1.29 is 22.9 Å². The van der Waals surface area contributed by atoms with E-state index in [1.54, 1.807) is 7.11 Å². The van der Waals surface area contributed by atoms with E-state index in [2.05, 4.69) is 64.1 Å². The zero-order valence-corrected chi connectivity index (χ0v) is 22.8. The van der Waals surface area contributed by atoms with E-state index in [-0.39, 0.29) is 7.43 Å². The highest BCUT2D eigenvalue weighted by Crippen LogP contribution is 2.48. The van der Waals surface area contributed by atoms with E-state index in [0.29, 0.717) is 32.3 Å². The van der Waals surface area contributed by atoms with Crippen LogP contribution in [0.15, 0.2) is 54.6 Å². The fourth-order valence-electron chi connectivity index (χ4n) is 3.89. The number of ether oxygens (including phenoxy) is 1. The molecule has 1 aromatic heterocycles. The molecule has 0 saturated heterocycles. The van der Waals surface area contributed by atoms with Crippen LogP contribution < -0.4 is 14.2 Å². The number of nitrogens with zero attached hydrogens (tertiary/aromatic N) is 2. The highest BCUT2D eigenvalue weighted by molar-refractivity contribution is 7.53. The van der Waals surface area contributed by atoms with Gasteiger partial charge in [0.15, 0.2) is 0 Å². The SMILES string of the molecule is CCOP(=O)(CCC[n+]1c(C=Cc2ccc(N(C)C)cc2)ccc2cc(OC)ccc21)OCC.[CH3-]. The second kappa shape index (κ2) is 13.4. The van der Waals surface area contributed by atoms with Crippen molar-refractivity contribution in [1.29, 1.82) is 0 Å². The number of aryl methyl sites for hydroxylation is 1. The first-order valence-corrected chi connectivity index (χ1v) is 13.5. The van der Waals surface area contributed by atoms with Gasteiger partial charge < -0.3 is 26.1 Å². The molecule has 0 fully saturated rings. The van der Waals surface area contributed by atoms with Crippen LogP contribution in [0, 0.1) is 7.43 Å². The summed E-state index contributed by atoms with van der Waals surface area (Å²) in [6, 6.07) is 18.7. The Hall–Kier alpha value is -2.66. The summed E-state index contributed by atoms with van der Waals surface area (Å²) >= 11 is 0. The first-order chi connectivity index (χ1) is 16.4. The van der Waals surface area contributed by atoms with Crippen LogP contribution in [0.4, 0.5) is 5.69 Å². The number of hydrogen-bond acceptors (Lipinski definition) is 5. The van der Waals surface area contributed by atoms with Crippen LogP contribution in [0.3, 0.4) is 0 Å². The van der Waals surface area contributed by atoms with E-state index in [1.807, 2.05) is 40.1 Å². The van der Waals surface area contributed by atoms with E-state index in [0.717, 1.165) is 27.9 Å². The van der Waals surface area contributed by atoms with Gasteiger partial charge in [-0.3, -0.25) is 4.57 Å². The zero-order chi connectivity index (χ0) is 24.6. The first kappa shape index (κ1) is 28.6. The number of fused-ring (bicyclic) bond motifs is 1. The summed E-state index contributed by atoms with van der Waals surface area (Å²) in [7, 11) is 2.67. The molecule has 0 N–H and O–H groups in total. The van der Waals surface area contributed by atoms with Gasteiger partial charge in [-0.15, -0.1) is 0 Å². The predicted molar refractivity (Wildman–Crippen MR) is 147 cm³/mol. The molecule has 3 rings (SSSR count). The van der Waals surface area contributed by atoms with Crippen LogP contribution in [0.25, 0.3) is 23.1 Å². The third-order valence-electron chi connectivity index (χ3n) is 5.59. The summed E-state index contributed by atoms with van der Waals surface area (Å²) in [6.07, 6.45) is 5.29. The summed E-state index contributed by atoms with van der Waals surface area (Å²) in [6.45, 7) is 5.12. The molecule has 2 aromatic carbocycles. The lowest BCUT2D eigenvalue weighted by Gasteiger charge is -2.16. The molecular formula is C28H39N2O4P. The molecule has 0 atom stereocenters. The number of rotatable bonds is 12. The Bertz CT molecular complexity index is 1150. The number of hydrogen-bond donors (Lipinski definition) is 0. The molecule has 0 aliphatic rings. The van der Waals surface area contributed by atoms with Gasteiger partial charge in [-0.2, -0.15) is 4.57 Å². The minimum absolute atomic E-state index is 0. The smallest absolute Gasteiger partial charge is 0.330 e. The molecule has 35 heavy (non-hydrogen) atoms. The molecule has 0 saturated carbocycles. The number of pyridine rings is 1. The van der Waals surface area contributed by atoms with Gasteiger partial charge in [0, 0.05) is 44.4 Å². The van der Waals surface area contributed by atoms with Crippen LogP contribution >= 0.6 is 7.60 Å². The van der Waals surface area contributed by atoms with E-state index in [4.69, 9.17) is 13.8 Å². The van der Waals surface area contributed by atoms with Gasteiger partial charge in [-0.25, -0.2) is 0 Å². The molecule has 7 heteroatoms. The average Bonchev–Trinajstić information content (AvgIpc) is 2.83. The number of benzene rings is 2. The van der Waals surface area contributed by atoms with Gasteiger partial charge in [-0.05, 0) is 55.8 Å².